The van der Waals surface area contributed by atoms with Gasteiger partial charge in [0.1, 0.15) is 4.90 Å². The van der Waals surface area contributed by atoms with Crippen LogP contribution in [0.25, 0.3) is 0 Å². The molecule has 7 heteroatoms. The maximum atomic E-state index is 11.0. The molecule has 0 atom stereocenters. The Bertz CT molecular complexity index is 536. The van der Waals surface area contributed by atoms with Gasteiger partial charge in [-0.05, 0) is 0 Å². The summed E-state index contributed by atoms with van der Waals surface area (Å²) >= 11 is 0. The zero-order valence-corrected chi connectivity index (χ0v) is 7.88. The number of hydrogen-bond acceptors (Lipinski definition) is 4. The minimum Gasteiger partial charge on any atom is -0.302 e. The Hall–Kier alpha value is -1.37. The molecule has 0 aliphatic carbocycles. The number of nitrogens with zero attached hydrogens (tertiary/aromatic N) is 1. The number of rotatable bonds is 1. The van der Waals surface area contributed by atoms with Gasteiger partial charge in [-0.2, -0.15) is 0 Å². The summed E-state index contributed by atoms with van der Waals surface area (Å²) in [7, 11) is -2.22. The van der Waals surface area contributed by atoms with Gasteiger partial charge in [-0.1, -0.05) is 0 Å². The molecule has 0 amide bonds. The van der Waals surface area contributed by atoms with Crippen LogP contribution < -0.4 is 11.2 Å². The van der Waals surface area contributed by atoms with E-state index in [0.717, 1.165) is 17.0 Å². The molecule has 72 valence electrons. The Labute approximate surface area is 73.8 Å². The fourth-order valence-electron chi connectivity index (χ4n) is 0.804. The highest BCUT2D eigenvalue weighted by molar-refractivity contribution is 7.90. The van der Waals surface area contributed by atoms with Crippen LogP contribution in [0.1, 0.15) is 0 Å². The monoisotopic (exact) mass is 204 g/mol. The van der Waals surface area contributed by atoms with Gasteiger partial charge in [-0.3, -0.25) is 9.78 Å². The van der Waals surface area contributed by atoms with E-state index in [-0.39, 0.29) is 0 Å². The van der Waals surface area contributed by atoms with Crippen molar-refractivity contribution in [3.63, 3.8) is 0 Å². The lowest BCUT2D eigenvalue weighted by Gasteiger charge is -1.98. The molecule has 1 N–H and O–H groups in total. The second kappa shape index (κ2) is 2.84. The van der Waals surface area contributed by atoms with Crippen LogP contribution in [0.2, 0.25) is 0 Å². The zero-order chi connectivity index (χ0) is 10.2. The summed E-state index contributed by atoms with van der Waals surface area (Å²) in [5.74, 6) is 0. The summed E-state index contributed by atoms with van der Waals surface area (Å²) in [5, 5.41) is 0. The van der Waals surface area contributed by atoms with Crippen LogP contribution in [0.5, 0.6) is 0 Å². The molecule has 0 spiro atoms. The number of aromatic nitrogens is 2. The van der Waals surface area contributed by atoms with E-state index in [0.29, 0.717) is 0 Å². The first-order valence-corrected chi connectivity index (χ1v) is 5.21. The first-order valence-electron chi connectivity index (χ1n) is 3.32. The van der Waals surface area contributed by atoms with Gasteiger partial charge in [0.05, 0.1) is 0 Å². The smallest absolute Gasteiger partial charge is 0.302 e. The van der Waals surface area contributed by atoms with Gasteiger partial charge in [0.15, 0.2) is 9.84 Å². The third-order valence-corrected chi connectivity index (χ3v) is 2.56. The van der Waals surface area contributed by atoms with Crippen LogP contribution in [0.3, 0.4) is 0 Å². The van der Waals surface area contributed by atoms with Crippen molar-refractivity contribution in [1.82, 2.24) is 9.55 Å². The van der Waals surface area contributed by atoms with E-state index < -0.39 is 26.0 Å². The minimum absolute atomic E-state index is 0.408. The van der Waals surface area contributed by atoms with Gasteiger partial charge in [-0.25, -0.2) is 13.2 Å². The molecular weight excluding hydrogens is 196 g/mol. The molecule has 1 aromatic rings. The van der Waals surface area contributed by atoms with Crippen LogP contribution in [-0.4, -0.2) is 24.2 Å². The third-order valence-electron chi connectivity index (χ3n) is 1.47. The first kappa shape index (κ1) is 9.72. The summed E-state index contributed by atoms with van der Waals surface area (Å²) < 4.78 is 23.0. The Morgan fingerprint density at radius 3 is 2.38 bits per heavy atom. The molecule has 6 nitrogen and oxygen atoms in total. The van der Waals surface area contributed by atoms with E-state index >= 15 is 0 Å². The predicted molar refractivity (Wildman–Crippen MR) is 45.4 cm³/mol. The predicted octanol–water partition coefficient (Wildman–Crippen LogP) is -1.52. The lowest BCUT2D eigenvalue weighted by molar-refractivity contribution is 0.597. The maximum absolute atomic E-state index is 11.0. The van der Waals surface area contributed by atoms with Gasteiger partial charge in [0.2, 0.25) is 0 Å². The first-order chi connectivity index (χ1) is 5.82. The van der Waals surface area contributed by atoms with Crippen LogP contribution >= 0.6 is 0 Å². The van der Waals surface area contributed by atoms with E-state index in [1.165, 1.54) is 7.05 Å². The molecule has 0 radical (unpaired) electrons. The van der Waals surface area contributed by atoms with E-state index in [1.807, 2.05) is 4.98 Å². The molecule has 1 heterocycles. The summed E-state index contributed by atoms with van der Waals surface area (Å²) in [6.07, 6.45) is 1.90. The SMILES string of the molecule is Cn1cc(S(C)(=O)=O)c(=O)[nH]c1=O. The second-order valence-electron chi connectivity index (χ2n) is 2.64. The van der Waals surface area contributed by atoms with Gasteiger partial charge < -0.3 is 4.57 Å². The van der Waals surface area contributed by atoms with Gasteiger partial charge in [-0.15, -0.1) is 0 Å². The normalized spacial score (nSPS) is 11.5. The lowest BCUT2D eigenvalue weighted by Crippen LogP contribution is -2.31. The molecule has 0 bridgehead atoms. The highest BCUT2D eigenvalue weighted by Gasteiger charge is 2.13. The topological polar surface area (TPSA) is 89.0 Å². The summed E-state index contributed by atoms with van der Waals surface area (Å²) in [6.45, 7) is 0. The van der Waals surface area contributed by atoms with Gasteiger partial charge in [0, 0.05) is 19.5 Å². The van der Waals surface area contributed by atoms with Crippen molar-refractivity contribution in [1.29, 1.82) is 0 Å². The largest absolute Gasteiger partial charge is 0.328 e. The van der Waals surface area contributed by atoms with Crippen molar-refractivity contribution in [2.75, 3.05) is 6.26 Å². The molecule has 0 saturated carbocycles. The summed E-state index contributed by atoms with van der Waals surface area (Å²) in [5.41, 5.74) is -1.52. The molecule has 0 aliphatic heterocycles. The van der Waals surface area contributed by atoms with Gasteiger partial charge in [0.25, 0.3) is 5.56 Å². The number of H-pyrrole nitrogens is 1. The van der Waals surface area contributed by atoms with Crippen molar-refractivity contribution in [3.8, 4) is 0 Å². The average Bonchev–Trinajstić information content (AvgIpc) is 1.94. The number of hydrogen-bond donors (Lipinski definition) is 1. The van der Waals surface area contributed by atoms with Crippen LogP contribution in [0.4, 0.5) is 0 Å². The van der Waals surface area contributed by atoms with E-state index in [9.17, 15) is 18.0 Å². The van der Waals surface area contributed by atoms with Crippen LogP contribution in [0, 0.1) is 0 Å². The Morgan fingerprint density at radius 1 is 1.38 bits per heavy atom. The zero-order valence-electron chi connectivity index (χ0n) is 7.07. The molecule has 13 heavy (non-hydrogen) atoms. The third kappa shape index (κ3) is 1.86. The molecule has 0 aliphatic rings. The number of nitrogens with one attached hydrogen (secondary N) is 1. The average molecular weight is 204 g/mol. The van der Waals surface area contributed by atoms with E-state index in [4.69, 9.17) is 0 Å². The molecule has 1 rings (SSSR count). The van der Waals surface area contributed by atoms with Crippen molar-refractivity contribution in [2.24, 2.45) is 7.05 Å². The van der Waals surface area contributed by atoms with Gasteiger partial charge >= 0.3 is 5.69 Å². The Balaban J connectivity index is 3.70. The van der Waals surface area contributed by atoms with Crippen molar-refractivity contribution >= 4 is 9.84 Å². The fourth-order valence-corrected chi connectivity index (χ4v) is 1.54. The molecule has 0 unspecified atom stereocenters. The summed E-state index contributed by atoms with van der Waals surface area (Å²) in [6, 6.07) is 0. The maximum Gasteiger partial charge on any atom is 0.328 e. The Kier molecular flexibility index (Phi) is 2.12. The number of sulfone groups is 1. The van der Waals surface area contributed by atoms with E-state index in [2.05, 4.69) is 0 Å². The standard InChI is InChI=1S/C6H8N2O4S/c1-8-3-4(13(2,11)12)5(9)7-6(8)10/h3H,1-2H3,(H,7,9,10). The van der Waals surface area contributed by atoms with Crippen molar-refractivity contribution in [2.45, 2.75) is 4.90 Å². The van der Waals surface area contributed by atoms with Crippen molar-refractivity contribution in [3.05, 3.63) is 27.0 Å². The molecular formula is C6H8N2O4S. The highest BCUT2D eigenvalue weighted by Crippen LogP contribution is 1.96. The molecule has 1 aromatic heterocycles. The van der Waals surface area contributed by atoms with Crippen LogP contribution in [0.15, 0.2) is 20.7 Å². The van der Waals surface area contributed by atoms with Crippen LogP contribution in [-0.2, 0) is 16.9 Å². The fraction of sp³-hybridized carbons (Fsp3) is 0.333. The number of aromatic amines is 1. The summed E-state index contributed by atoms with van der Waals surface area (Å²) in [4.78, 5) is 23.3. The molecule has 0 fully saturated rings. The second-order valence-corrected chi connectivity index (χ2v) is 4.62. The Morgan fingerprint density at radius 2 is 1.92 bits per heavy atom. The lowest BCUT2D eigenvalue weighted by atomic mass is 10.6. The van der Waals surface area contributed by atoms with E-state index in [1.54, 1.807) is 0 Å². The van der Waals surface area contributed by atoms with Crippen molar-refractivity contribution < 1.29 is 8.42 Å². The quantitative estimate of drug-likeness (QED) is 0.601. The molecule has 0 saturated heterocycles. The molecule has 0 aromatic carbocycles. The highest BCUT2D eigenvalue weighted by atomic mass is 32.2. The minimum atomic E-state index is -3.58. The number of aryl methyl sites for hydroxylation is 1.